The molecule has 0 spiro atoms. The minimum atomic E-state index is 0. The maximum atomic E-state index is 5.65. The Balaban J connectivity index is 0.00000420. The molecule has 1 aromatic carbocycles. The molecule has 0 saturated carbocycles. The van der Waals surface area contributed by atoms with E-state index >= 15 is 0 Å². The van der Waals surface area contributed by atoms with E-state index in [9.17, 15) is 0 Å². The van der Waals surface area contributed by atoms with E-state index in [1.165, 1.54) is 0 Å². The van der Waals surface area contributed by atoms with Crippen LogP contribution in [0.2, 0.25) is 0 Å². The van der Waals surface area contributed by atoms with Gasteiger partial charge in [0.1, 0.15) is 5.76 Å². The molecule has 0 aliphatic carbocycles. The van der Waals surface area contributed by atoms with Gasteiger partial charge in [-0.15, -0.1) is 24.0 Å². The van der Waals surface area contributed by atoms with Gasteiger partial charge in [0, 0.05) is 44.5 Å². The molecule has 29 heavy (non-hydrogen) atoms. The third-order valence-corrected chi connectivity index (χ3v) is 3.89. The smallest absolute Gasteiger partial charge is 0.195 e. The van der Waals surface area contributed by atoms with E-state index in [1.807, 2.05) is 44.2 Å². The number of benzene rings is 1. The predicted molar refractivity (Wildman–Crippen MR) is 127 cm³/mol. The van der Waals surface area contributed by atoms with Crippen molar-refractivity contribution in [3.63, 3.8) is 0 Å². The highest BCUT2D eigenvalue weighted by atomic mass is 127. The number of rotatable bonds is 12. The lowest BCUT2D eigenvalue weighted by Gasteiger charge is -2.15. The first kappa shape index (κ1) is 25.1. The fourth-order valence-electron chi connectivity index (χ4n) is 2.56. The summed E-state index contributed by atoms with van der Waals surface area (Å²) in [5.41, 5.74) is 0.873. The second kappa shape index (κ2) is 15.0. The topological polar surface area (TPSA) is 77.2 Å². The Morgan fingerprint density at radius 3 is 2.69 bits per heavy atom. The summed E-state index contributed by atoms with van der Waals surface area (Å²) < 4.78 is 21.8. The number of hydrogen-bond acceptors (Lipinski definition) is 5. The Kier molecular flexibility index (Phi) is 13.0. The van der Waals surface area contributed by atoms with E-state index in [0.717, 1.165) is 30.9 Å². The van der Waals surface area contributed by atoms with E-state index in [-0.39, 0.29) is 24.0 Å². The minimum Gasteiger partial charge on any atom is -0.493 e. The van der Waals surface area contributed by atoms with Crippen LogP contribution in [0.15, 0.2) is 46.0 Å². The van der Waals surface area contributed by atoms with Crippen LogP contribution in [0.25, 0.3) is 0 Å². The Morgan fingerprint density at radius 2 is 2.00 bits per heavy atom. The molecule has 0 fully saturated rings. The number of aliphatic imine (C=N–C) groups is 1. The molecule has 0 bridgehead atoms. The van der Waals surface area contributed by atoms with Gasteiger partial charge in [-0.05, 0) is 44.5 Å². The lowest BCUT2D eigenvalue weighted by Crippen LogP contribution is -2.32. The van der Waals surface area contributed by atoms with E-state index < -0.39 is 0 Å². The van der Waals surface area contributed by atoms with E-state index in [0.29, 0.717) is 43.8 Å². The number of hydrogen-bond donors (Lipinski definition) is 2. The van der Waals surface area contributed by atoms with Gasteiger partial charge in [0.2, 0.25) is 0 Å². The lowest BCUT2D eigenvalue weighted by molar-refractivity contribution is 0.146. The molecule has 1 aromatic heterocycles. The molecule has 0 aliphatic rings. The normalized spacial score (nSPS) is 10.9. The van der Waals surface area contributed by atoms with Crippen molar-refractivity contribution in [1.82, 2.24) is 5.32 Å². The van der Waals surface area contributed by atoms with Crippen molar-refractivity contribution in [3.05, 3.63) is 42.4 Å². The van der Waals surface area contributed by atoms with Crippen LogP contribution in [0, 0.1) is 0 Å². The number of ether oxygens (including phenoxy) is 3. The summed E-state index contributed by atoms with van der Waals surface area (Å²) in [4.78, 5) is 4.64. The molecular formula is C21H32IN3O4. The van der Waals surface area contributed by atoms with Crippen LogP contribution >= 0.6 is 24.0 Å². The second-order valence-corrected chi connectivity index (χ2v) is 5.96. The number of guanidine groups is 1. The molecule has 0 unspecified atom stereocenters. The van der Waals surface area contributed by atoms with Gasteiger partial charge < -0.3 is 29.3 Å². The van der Waals surface area contributed by atoms with Crippen molar-refractivity contribution in [1.29, 1.82) is 0 Å². The van der Waals surface area contributed by atoms with Gasteiger partial charge in [0.25, 0.3) is 0 Å². The van der Waals surface area contributed by atoms with Gasteiger partial charge in [-0.25, -0.2) is 0 Å². The van der Waals surface area contributed by atoms with Crippen molar-refractivity contribution in [2.24, 2.45) is 4.99 Å². The zero-order chi connectivity index (χ0) is 20.0. The van der Waals surface area contributed by atoms with Crippen molar-refractivity contribution in [2.75, 3.05) is 45.3 Å². The molecule has 0 saturated heterocycles. The van der Waals surface area contributed by atoms with Crippen molar-refractivity contribution < 1.29 is 18.6 Å². The first-order valence-corrected chi connectivity index (χ1v) is 9.73. The molecule has 2 aromatic rings. The van der Waals surface area contributed by atoms with Gasteiger partial charge in [-0.1, -0.05) is 0 Å². The predicted octanol–water partition coefficient (Wildman–Crippen LogP) is 4.33. The number of nitrogens with zero attached hydrogens (tertiary/aromatic N) is 1. The number of furan rings is 1. The summed E-state index contributed by atoms with van der Waals surface area (Å²) in [6.45, 7) is 7.31. The lowest BCUT2D eigenvalue weighted by atomic mass is 10.2. The molecule has 0 radical (unpaired) electrons. The Hall–Kier alpha value is -1.94. The maximum absolute atomic E-state index is 5.65. The highest BCUT2D eigenvalue weighted by molar-refractivity contribution is 14.0. The molecule has 8 heteroatoms. The summed E-state index contributed by atoms with van der Waals surface area (Å²) in [7, 11) is 1.63. The molecule has 0 aliphatic heterocycles. The van der Waals surface area contributed by atoms with Gasteiger partial charge in [-0.2, -0.15) is 0 Å². The quantitative estimate of drug-likeness (QED) is 0.189. The summed E-state index contributed by atoms with van der Waals surface area (Å²) >= 11 is 0. The molecule has 1 heterocycles. The van der Waals surface area contributed by atoms with Crippen LogP contribution in [0.4, 0.5) is 5.69 Å². The van der Waals surface area contributed by atoms with Crippen LogP contribution in [-0.4, -0.2) is 46.0 Å². The standard InChI is InChI=1S/C21H31N3O4.HI/c1-4-26-14-7-12-22-21(23-13-11-18-8-6-15-28-18)24-17-9-10-19(25-3)20(16-17)27-5-2;/h6,8-10,15-16H,4-5,7,11-14H2,1-3H3,(H2,22,23,24);1H. The third-order valence-electron chi connectivity index (χ3n) is 3.89. The monoisotopic (exact) mass is 517 g/mol. The van der Waals surface area contributed by atoms with Crippen molar-refractivity contribution >= 4 is 35.6 Å². The largest absolute Gasteiger partial charge is 0.493 e. The summed E-state index contributed by atoms with van der Waals surface area (Å²) in [6, 6.07) is 9.58. The highest BCUT2D eigenvalue weighted by Gasteiger charge is 2.07. The summed E-state index contributed by atoms with van der Waals surface area (Å²) in [5.74, 6) is 3.04. The van der Waals surface area contributed by atoms with Gasteiger partial charge in [-0.3, -0.25) is 4.99 Å². The Morgan fingerprint density at radius 1 is 1.14 bits per heavy atom. The minimum absolute atomic E-state index is 0. The molecular weight excluding hydrogens is 485 g/mol. The molecule has 0 amide bonds. The fourth-order valence-corrected chi connectivity index (χ4v) is 2.56. The van der Waals surface area contributed by atoms with Crippen molar-refractivity contribution in [3.8, 4) is 11.5 Å². The zero-order valence-electron chi connectivity index (χ0n) is 17.4. The van der Waals surface area contributed by atoms with Crippen LogP contribution in [0.3, 0.4) is 0 Å². The molecule has 2 N–H and O–H groups in total. The van der Waals surface area contributed by atoms with Crippen LogP contribution in [-0.2, 0) is 11.2 Å². The first-order valence-electron chi connectivity index (χ1n) is 9.73. The van der Waals surface area contributed by atoms with Gasteiger partial charge in [0.05, 0.1) is 20.0 Å². The zero-order valence-corrected chi connectivity index (χ0v) is 19.7. The third kappa shape index (κ3) is 9.40. The summed E-state index contributed by atoms with van der Waals surface area (Å²) in [5, 5.41) is 6.68. The van der Waals surface area contributed by atoms with E-state index in [1.54, 1.807) is 13.4 Å². The first-order chi connectivity index (χ1) is 13.8. The Labute approximate surface area is 190 Å². The average molecular weight is 517 g/mol. The average Bonchev–Trinajstić information content (AvgIpc) is 3.21. The Bertz CT molecular complexity index is 708. The SMILES string of the molecule is CCOCCCN=C(NCCc1ccco1)Nc1ccc(OC)c(OCC)c1.I. The van der Waals surface area contributed by atoms with Crippen molar-refractivity contribution in [2.45, 2.75) is 26.7 Å². The molecule has 7 nitrogen and oxygen atoms in total. The van der Waals surface area contributed by atoms with E-state index in [2.05, 4.69) is 15.6 Å². The maximum Gasteiger partial charge on any atom is 0.195 e. The van der Waals surface area contributed by atoms with Crippen LogP contribution in [0.1, 0.15) is 26.0 Å². The highest BCUT2D eigenvalue weighted by Crippen LogP contribution is 2.30. The molecule has 2 rings (SSSR count). The van der Waals surface area contributed by atoms with Crippen LogP contribution < -0.4 is 20.1 Å². The van der Waals surface area contributed by atoms with Crippen LogP contribution in [0.5, 0.6) is 11.5 Å². The summed E-state index contributed by atoms with van der Waals surface area (Å²) in [6.07, 6.45) is 3.33. The second-order valence-electron chi connectivity index (χ2n) is 5.96. The fraction of sp³-hybridized carbons (Fsp3) is 0.476. The number of methoxy groups -OCH3 is 1. The molecule has 162 valence electrons. The molecule has 0 atom stereocenters. The van der Waals surface area contributed by atoms with Gasteiger partial charge >= 0.3 is 0 Å². The number of anilines is 1. The van der Waals surface area contributed by atoms with E-state index in [4.69, 9.17) is 18.6 Å². The number of halogens is 1. The number of nitrogens with one attached hydrogen (secondary N) is 2. The van der Waals surface area contributed by atoms with Gasteiger partial charge in [0.15, 0.2) is 17.5 Å².